The molecule has 2 heterocycles. The Balaban J connectivity index is 1.71. The van der Waals surface area contributed by atoms with Crippen molar-refractivity contribution < 1.29 is 9.21 Å². The largest absolute Gasteiger partial charge is 0.449 e. The van der Waals surface area contributed by atoms with Crippen molar-refractivity contribution in [2.75, 3.05) is 18.4 Å². The quantitative estimate of drug-likeness (QED) is 0.849. The first-order valence-electron chi connectivity index (χ1n) is 6.87. The van der Waals surface area contributed by atoms with Gasteiger partial charge >= 0.3 is 0 Å². The van der Waals surface area contributed by atoms with Gasteiger partial charge in [0.15, 0.2) is 5.89 Å². The van der Waals surface area contributed by atoms with E-state index in [-0.39, 0.29) is 5.91 Å². The van der Waals surface area contributed by atoms with Gasteiger partial charge in [0.2, 0.25) is 0 Å². The summed E-state index contributed by atoms with van der Waals surface area (Å²) in [5, 5.41) is 6.04. The second kappa shape index (κ2) is 5.54. The molecule has 1 aromatic carbocycles. The molecule has 0 unspecified atom stereocenters. The maximum atomic E-state index is 12.1. The monoisotopic (exact) mass is 283 g/mol. The first kappa shape index (κ1) is 13.6. The molecule has 1 aliphatic heterocycles. The molecule has 2 aromatic rings. The standard InChI is InChI=1S/C16H17N3O2/c1-10(13-7-17-8-13)16(20)19-14-5-3-12(4-6-14)15-9-21-11(2)18-15/h3-6,9,17H,7-8H2,1-2H3,(H,19,20). The van der Waals surface area contributed by atoms with Crippen LogP contribution in [0, 0.1) is 6.92 Å². The van der Waals surface area contributed by atoms with Crippen LogP contribution in [0.5, 0.6) is 0 Å². The number of carbonyl (C=O) groups is 1. The fraction of sp³-hybridized carbons (Fsp3) is 0.250. The number of hydrogen-bond donors (Lipinski definition) is 2. The van der Waals surface area contributed by atoms with E-state index in [0.29, 0.717) is 5.89 Å². The molecule has 1 aliphatic rings. The minimum atomic E-state index is -0.0449. The Morgan fingerprint density at radius 3 is 2.52 bits per heavy atom. The Morgan fingerprint density at radius 1 is 1.29 bits per heavy atom. The summed E-state index contributed by atoms with van der Waals surface area (Å²) in [7, 11) is 0. The van der Waals surface area contributed by atoms with E-state index in [1.807, 2.05) is 38.1 Å². The number of amides is 1. The van der Waals surface area contributed by atoms with E-state index < -0.39 is 0 Å². The minimum absolute atomic E-state index is 0.0449. The Labute approximate surface area is 123 Å². The lowest BCUT2D eigenvalue weighted by atomic mass is 10.0. The van der Waals surface area contributed by atoms with Gasteiger partial charge in [-0.15, -0.1) is 0 Å². The van der Waals surface area contributed by atoms with Crippen LogP contribution in [0.1, 0.15) is 12.8 Å². The fourth-order valence-electron chi connectivity index (χ4n) is 2.12. The Bertz CT molecular complexity index is 693. The number of benzene rings is 1. The first-order chi connectivity index (χ1) is 10.1. The highest BCUT2D eigenvalue weighted by atomic mass is 16.3. The van der Waals surface area contributed by atoms with Gasteiger partial charge in [0, 0.05) is 36.8 Å². The highest BCUT2D eigenvalue weighted by molar-refractivity contribution is 6.04. The number of nitrogens with one attached hydrogen (secondary N) is 2. The summed E-state index contributed by atoms with van der Waals surface area (Å²) in [5.74, 6) is 0.593. The molecule has 1 saturated heterocycles. The van der Waals surface area contributed by atoms with Crippen LogP contribution < -0.4 is 10.6 Å². The smallest absolute Gasteiger partial charge is 0.251 e. The fourth-order valence-corrected chi connectivity index (χ4v) is 2.12. The number of aromatic nitrogens is 1. The van der Waals surface area contributed by atoms with E-state index in [0.717, 1.165) is 35.6 Å². The molecule has 2 N–H and O–H groups in total. The van der Waals surface area contributed by atoms with Crippen LogP contribution in [0.4, 0.5) is 5.69 Å². The summed E-state index contributed by atoms with van der Waals surface area (Å²) in [5.41, 5.74) is 4.50. The van der Waals surface area contributed by atoms with E-state index in [1.54, 1.807) is 6.26 Å². The molecule has 0 radical (unpaired) electrons. The normalized spacial score (nSPS) is 13.7. The highest BCUT2D eigenvalue weighted by Crippen LogP contribution is 2.21. The number of hydrogen-bond acceptors (Lipinski definition) is 4. The van der Waals surface area contributed by atoms with E-state index >= 15 is 0 Å². The highest BCUT2D eigenvalue weighted by Gasteiger charge is 2.16. The van der Waals surface area contributed by atoms with Crippen molar-refractivity contribution in [2.24, 2.45) is 0 Å². The summed E-state index contributed by atoms with van der Waals surface area (Å²) < 4.78 is 5.20. The Hall–Kier alpha value is -2.40. The van der Waals surface area contributed by atoms with Gasteiger partial charge in [-0.05, 0) is 24.6 Å². The average molecular weight is 283 g/mol. The lowest BCUT2D eigenvalue weighted by Crippen LogP contribution is -2.36. The van der Waals surface area contributed by atoms with Gasteiger partial charge in [0.05, 0.1) is 0 Å². The van der Waals surface area contributed by atoms with Gasteiger partial charge in [-0.1, -0.05) is 12.1 Å². The number of nitrogens with zero attached hydrogens (tertiary/aromatic N) is 1. The van der Waals surface area contributed by atoms with Crippen molar-refractivity contribution in [1.29, 1.82) is 0 Å². The lowest BCUT2D eigenvalue weighted by molar-refractivity contribution is -0.112. The predicted octanol–water partition coefficient (Wildman–Crippen LogP) is 2.51. The molecule has 3 rings (SSSR count). The Morgan fingerprint density at radius 2 is 2.00 bits per heavy atom. The van der Waals surface area contributed by atoms with Crippen LogP contribution in [0.2, 0.25) is 0 Å². The molecule has 1 amide bonds. The summed E-state index contributed by atoms with van der Waals surface area (Å²) in [4.78, 5) is 16.4. The van der Waals surface area contributed by atoms with Gasteiger partial charge in [-0.3, -0.25) is 4.79 Å². The van der Waals surface area contributed by atoms with Gasteiger partial charge < -0.3 is 15.1 Å². The zero-order valence-electron chi connectivity index (χ0n) is 12.1. The molecular formula is C16H17N3O2. The van der Waals surface area contributed by atoms with Crippen molar-refractivity contribution in [2.45, 2.75) is 13.8 Å². The summed E-state index contributed by atoms with van der Waals surface area (Å²) in [6, 6.07) is 7.57. The maximum absolute atomic E-state index is 12.1. The van der Waals surface area contributed by atoms with Crippen LogP contribution in [0.3, 0.4) is 0 Å². The molecule has 1 aromatic heterocycles. The summed E-state index contributed by atoms with van der Waals surface area (Å²) >= 11 is 0. The molecule has 0 aliphatic carbocycles. The summed E-state index contributed by atoms with van der Waals surface area (Å²) in [6.45, 7) is 5.29. The lowest BCUT2D eigenvalue weighted by Gasteiger charge is -2.21. The number of rotatable bonds is 3. The van der Waals surface area contributed by atoms with Crippen molar-refractivity contribution in [1.82, 2.24) is 10.3 Å². The SMILES string of the molecule is CC(C(=O)Nc1ccc(-c2coc(C)n2)cc1)=C1CNC1. The number of oxazole rings is 1. The second-order valence-corrected chi connectivity index (χ2v) is 5.12. The van der Waals surface area contributed by atoms with Gasteiger partial charge in [-0.2, -0.15) is 0 Å². The predicted molar refractivity (Wildman–Crippen MR) is 80.9 cm³/mol. The van der Waals surface area contributed by atoms with E-state index in [9.17, 15) is 4.79 Å². The third kappa shape index (κ3) is 2.87. The number of aryl methyl sites for hydroxylation is 1. The van der Waals surface area contributed by atoms with Crippen molar-refractivity contribution in [3.05, 3.63) is 47.6 Å². The molecular weight excluding hydrogens is 266 g/mol. The van der Waals surface area contributed by atoms with Crippen molar-refractivity contribution >= 4 is 11.6 Å². The molecule has 21 heavy (non-hydrogen) atoms. The molecule has 0 bridgehead atoms. The molecule has 5 nitrogen and oxygen atoms in total. The average Bonchev–Trinajstić information content (AvgIpc) is 2.84. The van der Waals surface area contributed by atoms with Crippen LogP contribution in [0.15, 0.2) is 46.1 Å². The molecule has 0 atom stereocenters. The molecule has 108 valence electrons. The molecule has 1 fully saturated rings. The van der Waals surface area contributed by atoms with E-state index in [4.69, 9.17) is 4.42 Å². The zero-order valence-corrected chi connectivity index (χ0v) is 12.1. The topological polar surface area (TPSA) is 67.2 Å². The van der Waals surface area contributed by atoms with Crippen LogP contribution in [0.25, 0.3) is 11.3 Å². The van der Waals surface area contributed by atoms with Gasteiger partial charge in [0.25, 0.3) is 5.91 Å². The third-order valence-corrected chi connectivity index (χ3v) is 3.61. The van der Waals surface area contributed by atoms with Crippen LogP contribution in [-0.4, -0.2) is 24.0 Å². The van der Waals surface area contributed by atoms with Crippen molar-refractivity contribution in [3.8, 4) is 11.3 Å². The Kier molecular flexibility index (Phi) is 3.58. The van der Waals surface area contributed by atoms with Crippen molar-refractivity contribution in [3.63, 3.8) is 0 Å². The van der Waals surface area contributed by atoms with Gasteiger partial charge in [-0.25, -0.2) is 4.98 Å². The summed E-state index contributed by atoms with van der Waals surface area (Å²) in [6.07, 6.45) is 1.63. The third-order valence-electron chi connectivity index (χ3n) is 3.61. The minimum Gasteiger partial charge on any atom is -0.449 e. The number of anilines is 1. The van der Waals surface area contributed by atoms with Crippen LogP contribution in [-0.2, 0) is 4.79 Å². The number of carbonyl (C=O) groups excluding carboxylic acids is 1. The van der Waals surface area contributed by atoms with Crippen LogP contribution >= 0.6 is 0 Å². The second-order valence-electron chi connectivity index (χ2n) is 5.12. The molecule has 5 heteroatoms. The zero-order chi connectivity index (χ0) is 14.8. The molecule has 0 spiro atoms. The van der Waals surface area contributed by atoms with E-state index in [1.165, 1.54) is 5.57 Å². The first-order valence-corrected chi connectivity index (χ1v) is 6.87. The van der Waals surface area contributed by atoms with E-state index in [2.05, 4.69) is 15.6 Å². The van der Waals surface area contributed by atoms with Gasteiger partial charge in [0.1, 0.15) is 12.0 Å². The maximum Gasteiger partial charge on any atom is 0.251 e. The molecule has 0 saturated carbocycles.